The summed E-state index contributed by atoms with van der Waals surface area (Å²) in [7, 11) is 2.19. The van der Waals surface area contributed by atoms with Crippen LogP contribution in [-0.4, -0.2) is 81.2 Å². The zero-order valence-electron chi connectivity index (χ0n) is 30.0. The van der Waals surface area contributed by atoms with Gasteiger partial charge in [-0.25, -0.2) is 0 Å². The van der Waals surface area contributed by atoms with Gasteiger partial charge in [-0.1, -0.05) is 119 Å². The van der Waals surface area contributed by atoms with Crippen LogP contribution >= 0.6 is 0 Å². The smallest absolute Gasteiger partial charge is 0.261 e. The number of ether oxygens (including phenoxy) is 6. The number of carbonyl (C=O) groups is 1. The molecule has 2 rings (SSSR count). The molecule has 0 heterocycles. The van der Waals surface area contributed by atoms with Gasteiger partial charge in [-0.15, -0.1) is 0 Å². The van der Waals surface area contributed by atoms with Gasteiger partial charge < -0.3 is 32.8 Å². The Labute approximate surface area is 290 Å². The highest BCUT2D eigenvalue weighted by molar-refractivity contribution is 6.99. The topological polar surface area (TPSA) is 81.7 Å². The summed E-state index contributed by atoms with van der Waals surface area (Å²) in [6, 6.07) is 21.3. The Morgan fingerprint density at radius 1 is 0.708 bits per heavy atom. The zero-order chi connectivity index (χ0) is 35.1. The minimum Gasteiger partial charge on any atom is -0.407 e. The predicted molar refractivity (Wildman–Crippen MR) is 195 cm³/mol. The van der Waals surface area contributed by atoms with Crippen molar-refractivity contribution in [2.75, 3.05) is 48.3 Å². The van der Waals surface area contributed by atoms with Crippen molar-refractivity contribution in [1.29, 1.82) is 0 Å². The largest absolute Gasteiger partial charge is 0.407 e. The fourth-order valence-electron chi connectivity index (χ4n) is 5.75. The summed E-state index contributed by atoms with van der Waals surface area (Å²) in [5.74, 6) is 0.170. The molecular weight excluding hydrogens is 625 g/mol. The fourth-order valence-corrected chi connectivity index (χ4v) is 10.3. The van der Waals surface area contributed by atoms with Crippen LogP contribution in [0.3, 0.4) is 0 Å². The summed E-state index contributed by atoms with van der Waals surface area (Å²) >= 11 is 0. The first-order valence-electron chi connectivity index (χ1n) is 16.7. The Bertz CT molecular complexity index is 1160. The number of allylic oxidation sites excluding steroid dienone is 4. The minimum absolute atomic E-state index is 0.112. The van der Waals surface area contributed by atoms with E-state index in [-0.39, 0.29) is 49.6 Å². The van der Waals surface area contributed by atoms with Crippen molar-refractivity contribution in [3.05, 3.63) is 97.1 Å². The van der Waals surface area contributed by atoms with Gasteiger partial charge in [0.05, 0.1) is 18.3 Å². The average molecular weight is 683 g/mol. The van der Waals surface area contributed by atoms with Gasteiger partial charge in [0.15, 0.2) is 0 Å². The minimum atomic E-state index is -2.67. The zero-order valence-corrected chi connectivity index (χ0v) is 31.0. The molecule has 4 atom stereocenters. The number of rotatable bonds is 25. The molecule has 0 saturated carbocycles. The Morgan fingerprint density at radius 2 is 1.25 bits per heavy atom. The van der Waals surface area contributed by atoms with Gasteiger partial charge >= 0.3 is 0 Å². The number of methoxy groups -OCH3 is 3. The molecule has 9 heteroatoms. The molecule has 0 N–H and O–H groups in total. The molecule has 0 radical (unpaired) electrons. The normalized spacial score (nSPS) is 15.3. The van der Waals surface area contributed by atoms with Crippen LogP contribution in [-0.2, 0) is 37.6 Å². The van der Waals surface area contributed by atoms with Crippen molar-refractivity contribution in [3.63, 3.8) is 0 Å². The van der Waals surface area contributed by atoms with Crippen molar-refractivity contribution in [2.24, 2.45) is 5.92 Å². The maximum Gasteiger partial charge on any atom is 0.261 e. The lowest BCUT2D eigenvalue weighted by atomic mass is 10.00. The number of carbonyl (C=O) groups excluding carboxylic acids is 1. The van der Waals surface area contributed by atoms with Gasteiger partial charge in [-0.3, -0.25) is 4.79 Å². The van der Waals surface area contributed by atoms with Crippen molar-refractivity contribution < 1.29 is 37.6 Å². The predicted octanol–water partition coefficient (Wildman–Crippen LogP) is 6.59. The molecule has 0 aliphatic carbocycles. The number of benzene rings is 2. The summed E-state index contributed by atoms with van der Waals surface area (Å²) in [5, 5.41) is 2.39. The SMILES string of the molecule is COCO[C@H](C/C=C/C=C/[C@H](OCOC)[C@H](C)C/C=C/C=O)C[C@@H](CCO[Si](c1ccccc1)(c1ccccc1)C(C)(C)C)OCOC. The van der Waals surface area contributed by atoms with Crippen molar-refractivity contribution >= 4 is 25.0 Å². The number of hydrogen-bond donors (Lipinski definition) is 0. The maximum atomic E-state index is 10.6. The van der Waals surface area contributed by atoms with Crippen LogP contribution in [0.25, 0.3) is 0 Å². The highest BCUT2D eigenvalue weighted by Crippen LogP contribution is 2.37. The van der Waals surface area contributed by atoms with E-state index in [9.17, 15) is 4.79 Å². The summed E-state index contributed by atoms with van der Waals surface area (Å²) < 4.78 is 40.9. The molecule has 2 aromatic rings. The summed E-state index contributed by atoms with van der Waals surface area (Å²) in [5.41, 5.74) is 0. The van der Waals surface area contributed by atoms with E-state index >= 15 is 0 Å². The van der Waals surface area contributed by atoms with Gasteiger partial charge in [-0.05, 0) is 46.7 Å². The van der Waals surface area contributed by atoms with Crippen LogP contribution in [0.5, 0.6) is 0 Å². The van der Waals surface area contributed by atoms with Crippen LogP contribution in [0, 0.1) is 5.92 Å². The Morgan fingerprint density at radius 3 is 1.79 bits per heavy atom. The molecule has 266 valence electrons. The highest BCUT2D eigenvalue weighted by atomic mass is 28.4. The summed E-state index contributed by atoms with van der Waals surface area (Å²) in [6.45, 7) is 10.0. The second-order valence-corrected chi connectivity index (χ2v) is 17.1. The molecule has 0 bridgehead atoms. The molecule has 0 aliphatic rings. The fraction of sp³-hybridized carbons (Fsp3) is 0.513. The van der Waals surface area contributed by atoms with E-state index in [2.05, 4.69) is 94.4 Å². The Kier molecular flexibility index (Phi) is 20.4. The van der Waals surface area contributed by atoms with Crippen molar-refractivity contribution in [1.82, 2.24) is 0 Å². The molecule has 48 heavy (non-hydrogen) atoms. The van der Waals surface area contributed by atoms with Gasteiger partial charge in [0.25, 0.3) is 8.32 Å². The molecular formula is C39H58O8Si. The first-order valence-corrected chi connectivity index (χ1v) is 18.6. The van der Waals surface area contributed by atoms with Crippen LogP contribution in [0.15, 0.2) is 97.1 Å². The van der Waals surface area contributed by atoms with E-state index in [1.807, 2.05) is 24.3 Å². The van der Waals surface area contributed by atoms with Crippen molar-refractivity contribution in [3.8, 4) is 0 Å². The van der Waals surface area contributed by atoms with E-state index < -0.39 is 8.32 Å². The molecule has 8 nitrogen and oxygen atoms in total. The first kappa shape index (κ1) is 41.4. The quantitative estimate of drug-likeness (QED) is 0.0382. The summed E-state index contributed by atoms with van der Waals surface area (Å²) in [6.07, 6.45) is 14.5. The number of aldehydes is 1. The second kappa shape index (κ2) is 23.6. The van der Waals surface area contributed by atoms with E-state index in [0.717, 1.165) is 12.7 Å². The molecule has 0 aliphatic heterocycles. The van der Waals surface area contributed by atoms with E-state index in [1.165, 1.54) is 16.4 Å². The lowest BCUT2D eigenvalue weighted by Gasteiger charge is -2.43. The monoisotopic (exact) mass is 682 g/mol. The molecule has 2 aromatic carbocycles. The van der Waals surface area contributed by atoms with E-state index in [4.69, 9.17) is 32.8 Å². The highest BCUT2D eigenvalue weighted by Gasteiger charge is 2.50. The van der Waals surface area contributed by atoms with Gasteiger partial charge in [0, 0.05) is 34.4 Å². The molecule has 0 amide bonds. The summed E-state index contributed by atoms with van der Waals surface area (Å²) in [4.78, 5) is 10.6. The lowest BCUT2D eigenvalue weighted by Crippen LogP contribution is -2.66. The Balaban J connectivity index is 2.18. The number of hydrogen-bond acceptors (Lipinski definition) is 8. The third-order valence-electron chi connectivity index (χ3n) is 8.15. The Hall–Kier alpha value is -2.73. The molecule has 0 saturated heterocycles. The van der Waals surface area contributed by atoms with Crippen LogP contribution in [0.1, 0.15) is 53.4 Å². The van der Waals surface area contributed by atoms with E-state index in [0.29, 0.717) is 25.9 Å². The average Bonchev–Trinajstić information content (AvgIpc) is 3.09. The maximum absolute atomic E-state index is 10.6. The third kappa shape index (κ3) is 14.0. The van der Waals surface area contributed by atoms with Crippen molar-refractivity contribution in [2.45, 2.75) is 76.7 Å². The van der Waals surface area contributed by atoms with Crippen LogP contribution in [0.4, 0.5) is 0 Å². The first-order chi connectivity index (χ1) is 23.2. The van der Waals surface area contributed by atoms with Gasteiger partial charge in [0.1, 0.15) is 26.7 Å². The van der Waals surface area contributed by atoms with Crippen LogP contribution < -0.4 is 10.4 Å². The van der Waals surface area contributed by atoms with E-state index in [1.54, 1.807) is 21.3 Å². The standard InChI is InChI=1S/C39H58O8Si/c1-33(19-17-18-27-40)38(46-32-43-7)25-16-8-11-20-34(44-30-41-5)29-35(45-31-42-6)26-28-47-48(39(2,3)4,36-21-12-9-13-22-36)37-23-14-10-15-24-37/h8-18,21-25,27,33-35,38H,19-20,26,28-32H2,1-7H3/b11-8+,18-17+,25-16+/t33-,34-,35-,38+/m1/s1. The molecule has 0 unspecified atom stereocenters. The van der Waals surface area contributed by atoms with Gasteiger partial charge in [-0.2, -0.15) is 0 Å². The van der Waals surface area contributed by atoms with Crippen LogP contribution in [0.2, 0.25) is 5.04 Å². The van der Waals surface area contributed by atoms with Gasteiger partial charge in [0.2, 0.25) is 0 Å². The third-order valence-corrected chi connectivity index (χ3v) is 13.2. The molecule has 0 fully saturated rings. The second-order valence-electron chi connectivity index (χ2n) is 12.8. The molecule has 0 aromatic heterocycles. The lowest BCUT2D eigenvalue weighted by molar-refractivity contribution is -0.116. The molecule has 0 spiro atoms.